The predicted molar refractivity (Wildman–Crippen MR) is 73.4 cm³/mol. The Bertz CT molecular complexity index is 565. The summed E-state index contributed by atoms with van der Waals surface area (Å²) in [6.07, 6.45) is 0.108. The van der Waals surface area contributed by atoms with Crippen molar-refractivity contribution in [2.45, 2.75) is 13.3 Å². The van der Waals surface area contributed by atoms with Gasteiger partial charge in [-0.25, -0.2) is 0 Å². The first kappa shape index (κ1) is 13.3. The lowest BCUT2D eigenvalue weighted by Crippen LogP contribution is -2.14. The van der Waals surface area contributed by atoms with E-state index in [1.54, 1.807) is 18.2 Å². The van der Waals surface area contributed by atoms with Gasteiger partial charge in [-0.05, 0) is 24.6 Å². The molecule has 0 aliphatic heterocycles. The number of anilines is 1. The lowest BCUT2D eigenvalue weighted by Gasteiger charge is -2.06. The third-order valence-corrected chi connectivity index (χ3v) is 3.63. The normalized spacial score (nSPS) is 10.4. The quantitative estimate of drug-likeness (QED) is 0.946. The minimum absolute atomic E-state index is 0.108. The van der Waals surface area contributed by atoms with Crippen LogP contribution in [0.1, 0.15) is 10.6 Å². The fourth-order valence-electron chi connectivity index (χ4n) is 1.37. The van der Waals surface area contributed by atoms with Crippen molar-refractivity contribution in [2.24, 2.45) is 0 Å². The topological polar surface area (TPSA) is 54.9 Å². The van der Waals surface area contributed by atoms with Gasteiger partial charge in [-0.3, -0.25) is 4.79 Å². The van der Waals surface area contributed by atoms with Crippen molar-refractivity contribution in [1.29, 1.82) is 0 Å². The average molecular weight is 302 g/mol. The highest BCUT2D eigenvalue weighted by atomic mass is 35.5. The standard InChI is InChI=1S/C11H9Cl2N3OS/c1-6-15-16-11(18-6)14-10(17)5-7-8(12)3-2-4-9(7)13/h2-4H,5H2,1H3,(H,14,16,17). The fourth-order valence-corrected chi connectivity index (χ4v) is 2.51. The summed E-state index contributed by atoms with van der Waals surface area (Å²) in [5.41, 5.74) is 0.611. The molecule has 0 unspecified atom stereocenters. The first-order chi connectivity index (χ1) is 8.56. The van der Waals surface area contributed by atoms with Crippen LogP contribution >= 0.6 is 34.5 Å². The summed E-state index contributed by atoms with van der Waals surface area (Å²) >= 11 is 13.3. The van der Waals surface area contributed by atoms with E-state index in [0.717, 1.165) is 5.01 Å². The van der Waals surface area contributed by atoms with Crippen LogP contribution < -0.4 is 5.32 Å². The number of nitrogens with zero attached hydrogens (tertiary/aromatic N) is 2. The lowest BCUT2D eigenvalue weighted by atomic mass is 10.1. The Hall–Kier alpha value is -1.17. The number of rotatable bonds is 3. The van der Waals surface area contributed by atoms with Crippen molar-refractivity contribution < 1.29 is 4.79 Å². The Kier molecular flexibility index (Phi) is 4.16. The molecule has 2 aromatic rings. The number of hydrogen-bond acceptors (Lipinski definition) is 4. The number of hydrogen-bond donors (Lipinski definition) is 1. The van der Waals surface area contributed by atoms with Gasteiger partial charge in [0.05, 0.1) is 6.42 Å². The van der Waals surface area contributed by atoms with Gasteiger partial charge in [0.1, 0.15) is 5.01 Å². The molecule has 18 heavy (non-hydrogen) atoms. The molecule has 1 amide bonds. The fraction of sp³-hybridized carbons (Fsp3) is 0.182. The maximum Gasteiger partial charge on any atom is 0.230 e. The highest BCUT2D eigenvalue weighted by molar-refractivity contribution is 7.15. The molecule has 2 rings (SSSR count). The van der Waals surface area contributed by atoms with Gasteiger partial charge < -0.3 is 5.32 Å². The van der Waals surface area contributed by atoms with Crippen LogP contribution in [0.15, 0.2) is 18.2 Å². The van der Waals surface area contributed by atoms with Crippen molar-refractivity contribution in [2.75, 3.05) is 5.32 Å². The molecule has 0 atom stereocenters. The van der Waals surface area contributed by atoms with Crippen LogP contribution in [0.25, 0.3) is 0 Å². The zero-order valence-corrected chi connectivity index (χ0v) is 11.7. The molecule has 1 heterocycles. The molecule has 0 aliphatic carbocycles. The monoisotopic (exact) mass is 301 g/mol. The van der Waals surface area contributed by atoms with Gasteiger partial charge in [0, 0.05) is 10.0 Å². The number of amides is 1. The van der Waals surface area contributed by atoms with Crippen molar-refractivity contribution >= 4 is 45.6 Å². The predicted octanol–water partition coefficient (Wildman–Crippen LogP) is 3.33. The molecule has 0 aliphatic rings. The molecule has 0 saturated carbocycles. The van der Waals surface area contributed by atoms with Crippen molar-refractivity contribution in [3.8, 4) is 0 Å². The number of nitrogens with one attached hydrogen (secondary N) is 1. The zero-order chi connectivity index (χ0) is 13.1. The van der Waals surface area contributed by atoms with E-state index in [9.17, 15) is 4.79 Å². The van der Waals surface area contributed by atoms with Crippen molar-refractivity contribution in [3.63, 3.8) is 0 Å². The number of carbonyl (C=O) groups is 1. The van der Waals surface area contributed by atoms with E-state index >= 15 is 0 Å². The minimum Gasteiger partial charge on any atom is -0.300 e. The number of aromatic nitrogens is 2. The Morgan fingerprint density at radius 1 is 1.33 bits per heavy atom. The van der Waals surface area contributed by atoms with Gasteiger partial charge >= 0.3 is 0 Å². The first-order valence-corrected chi connectivity index (χ1v) is 6.66. The van der Waals surface area contributed by atoms with Crippen LogP contribution in [0.3, 0.4) is 0 Å². The summed E-state index contributed by atoms with van der Waals surface area (Å²) < 4.78 is 0. The summed E-state index contributed by atoms with van der Waals surface area (Å²) in [4.78, 5) is 11.8. The van der Waals surface area contributed by atoms with Gasteiger partial charge in [-0.15, -0.1) is 10.2 Å². The second-order valence-electron chi connectivity index (χ2n) is 3.55. The van der Waals surface area contributed by atoms with Crippen LogP contribution in [-0.2, 0) is 11.2 Å². The third kappa shape index (κ3) is 3.19. The van der Waals surface area contributed by atoms with Crippen LogP contribution in [0.4, 0.5) is 5.13 Å². The van der Waals surface area contributed by atoms with Crippen LogP contribution in [0.5, 0.6) is 0 Å². The maximum absolute atomic E-state index is 11.8. The highest BCUT2D eigenvalue weighted by Crippen LogP contribution is 2.25. The van der Waals surface area contributed by atoms with Crippen molar-refractivity contribution in [1.82, 2.24) is 10.2 Å². The number of benzene rings is 1. The smallest absolute Gasteiger partial charge is 0.230 e. The second-order valence-corrected chi connectivity index (χ2v) is 5.55. The van der Waals surface area contributed by atoms with E-state index in [2.05, 4.69) is 15.5 Å². The number of halogens is 2. The average Bonchev–Trinajstić information content (AvgIpc) is 2.69. The summed E-state index contributed by atoms with van der Waals surface area (Å²) in [7, 11) is 0. The molecule has 1 N–H and O–H groups in total. The minimum atomic E-state index is -0.221. The van der Waals surface area contributed by atoms with Crippen molar-refractivity contribution in [3.05, 3.63) is 38.8 Å². The Morgan fingerprint density at radius 2 is 2.00 bits per heavy atom. The molecule has 0 bridgehead atoms. The van der Waals surface area contributed by atoms with Crippen LogP contribution in [-0.4, -0.2) is 16.1 Å². The van der Waals surface area contributed by atoms with Gasteiger partial charge in [-0.1, -0.05) is 40.6 Å². The third-order valence-electron chi connectivity index (χ3n) is 2.17. The molecule has 7 heteroatoms. The summed E-state index contributed by atoms with van der Waals surface area (Å²) in [5.74, 6) is -0.221. The molecule has 0 spiro atoms. The summed E-state index contributed by atoms with van der Waals surface area (Å²) in [6, 6.07) is 5.14. The van der Waals surface area contributed by atoms with Crippen LogP contribution in [0, 0.1) is 6.92 Å². The highest BCUT2D eigenvalue weighted by Gasteiger charge is 2.12. The van der Waals surface area contributed by atoms with Crippen LogP contribution in [0.2, 0.25) is 10.0 Å². The van der Waals surface area contributed by atoms with Gasteiger partial charge in [0.2, 0.25) is 11.0 Å². The first-order valence-electron chi connectivity index (χ1n) is 5.09. The maximum atomic E-state index is 11.8. The van der Waals surface area contributed by atoms with Gasteiger partial charge in [0.25, 0.3) is 0 Å². The summed E-state index contributed by atoms with van der Waals surface area (Å²) in [5, 5.41) is 12.5. The van der Waals surface area contributed by atoms with E-state index in [-0.39, 0.29) is 12.3 Å². The van der Waals surface area contributed by atoms with E-state index in [1.807, 2.05) is 6.92 Å². The molecular weight excluding hydrogens is 293 g/mol. The molecule has 4 nitrogen and oxygen atoms in total. The summed E-state index contributed by atoms with van der Waals surface area (Å²) in [6.45, 7) is 1.82. The SMILES string of the molecule is Cc1nnc(NC(=O)Cc2c(Cl)cccc2Cl)s1. The van der Waals surface area contributed by atoms with Gasteiger partial charge in [-0.2, -0.15) is 0 Å². The van der Waals surface area contributed by atoms with E-state index in [0.29, 0.717) is 20.7 Å². The molecule has 0 fully saturated rings. The largest absolute Gasteiger partial charge is 0.300 e. The molecule has 1 aromatic heterocycles. The Balaban J connectivity index is 2.08. The Morgan fingerprint density at radius 3 is 2.56 bits per heavy atom. The van der Waals surface area contributed by atoms with Gasteiger partial charge in [0.15, 0.2) is 0 Å². The number of carbonyl (C=O) groups excluding carboxylic acids is 1. The second kappa shape index (κ2) is 5.65. The number of aryl methyl sites for hydroxylation is 1. The van der Waals surface area contributed by atoms with E-state index in [1.165, 1.54) is 11.3 Å². The molecule has 1 aromatic carbocycles. The molecule has 0 radical (unpaired) electrons. The zero-order valence-electron chi connectivity index (χ0n) is 9.41. The van der Waals surface area contributed by atoms with E-state index in [4.69, 9.17) is 23.2 Å². The molecule has 0 saturated heterocycles. The van der Waals surface area contributed by atoms with E-state index < -0.39 is 0 Å². The Labute approximate surface area is 118 Å². The lowest BCUT2D eigenvalue weighted by molar-refractivity contribution is -0.115. The molecule has 94 valence electrons. The molecular formula is C11H9Cl2N3OS.